The molecule has 0 radical (unpaired) electrons. The number of carbonyl (C=O) groups excluding carboxylic acids is 2. The van der Waals surface area contributed by atoms with Crippen LogP contribution < -0.4 is 16.0 Å². The molecule has 0 saturated heterocycles. The smallest absolute Gasteiger partial charge is 0.323 e. The summed E-state index contributed by atoms with van der Waals surface area (Å²) in [6, 6.07) is 21.5. The largest absolute Gasteiger partial charge is 0.325 e. The molecule has 3 aromatic carbocycles. The van der Waals surface area contributed by atoms with Gasteiger partial charge >= 0.3 is 6.03 Å². The van der Waals surface area contributed by atoms with Crippen molar-refractivity contribution < 1.29 is 14.5 Å². The number of rotatable bonds is 7. The molecule has 8 nitrogen and oxygen atoms in total. The maximum atomic E-state index is 12.1. The van der Waals surface area contributed by atoms with Crippen LogP contribution >= 0.6 is 11.8 Å². The van der Waals surface area contributed by atoms with E-state index in [2.05, 4.69) is 16.0 Å². The molecule has 0 unspecified atom stereocenters. The Balaban J connectivity index is 1.45. The molecule has 0 aliphatic heterocycles. The molecule has 30 heavy (non-hydrogen) atoms. The van der Waals surface area contributed by atoms with E-state index in [9.17, 15) is 19.7 Å². The van der Waals surface area contributed by atoms with Gasteiger partial charge in [0, 0.05) is 34.1 Å². The Kier molecular flexibility index (Phi) is 7.01. The number of amides is 3. The Morgan fingerprint density at radius 3 is 1.90 bits per heavy atom. The second-order valence-corrected chi connectivity index (χ2v) is 7.16. The maximum absolute atomic E-state index is 12.1. The van der Waals surface area contributed by atoms with Gasteiger partial charge in [-0.1, -0.05) is 18.2 Å². The van der Waals surface area contributed by atoms with E-state index in [1.165, 1.54) is 36.0 Å². The number of nitro benzene ring substituents is 1. The molecule has 0 heterocycles. The highest BCUT2D eigenvalue weighted by Gasteiger charge is 2.08. The van der Waals surface area contributed by atoms with Crippen LogP contribution in [0.3, 0.4) is 0 Å². The molecule has 0 bridgehead atoms. The van der Waals surface area contributed by atoms with E-state index in [-0.39, 0.29) is 23.4 Å². The van der Waals surface area contributed by atoms with Gasteiger partial charge in [0.2, 0.25) is 5.91 Å². The zero-order chi connectivity index (χ0) is 21.3. The third-order valence-corrected chi connectivity index (χ3v) is 4.89. The Labute approximate surface area is 176 Å². The van der Waals surface area contributed by atoms with Crippen molar-refractivity contribution in [2.75, 3.05) is 21.7 Å². The fourth-order valence-corrected chi connectivity index (χ4v) is 3.16. The summed E-state index contributed by atoms with van der Waals surface area (Å²) in [5.41, 5.74) is 1.79. The summed E-state index contributed by atoms with van der Waals surface area (Å²) in [4.78, 5) is 35.1. The first kappa shape index (κ1) is 20.9. The number of nitro groups is 1. The molecule has 0 fully saturated rings. The number of thioether (sulfide) groups is 1. The molecule has 0 aromatic heterocycles. The lowest BCUT2D eigenvalue weighted by Crippen LogP contribution is -2.19. The van der Waals surface area contributed by atoms with Gasteiger partial charge in [0.1, 0.15) is 0 Å². The van der Waals surface area contributed by atoms with Gasteiger partial charge in [-0.05, 0) is 48.5 Å². The summed E-state index contributed by atoms with van der Waals surface area (Å²) >= 11 is 1.34. The summed E-state index contributed by atoms with van der Waals surface area (Å²) in [5, 5.41) is 18.8. The van der Waals surface area contributed by atoms with Crippen molar-refractivity contribution in [3.05, 3.63) is 89.0 Å². The van der Waals surface area contributed by atoms with Crippen molar-refractivity contribution in [2.45, 2.75) is 4.90 Å². The number of non-ortho nitro benzene ring substituents is 1. The summed E-state index contributed by atoms with van der Waals surface area (Å²) < 4.78 is 0. The minimum Gasteiger partial charge on any atom is -0.325 e. The molecular weight excluding hydrogens is 404 g/mol. The molecule has 3 N–H and O–H groups in total. The van der Waals surface area contributed by atoms with Crippen molar-refractivity contribution in [3.63, 3.8) is 0 Å². The SMILES string of the molecule is O=C(CSc1ccc(NC(=O)Nc2ccccc2)cc1)Nc1ccc([N+](=O)[O-])cc1. The average Bonchev–Trinajstić information content (AvgIpc) is 2.74. The zero-order valence-corrected chi connectivity index (χ0v) is 16.5. The lowest BCUT2D eigenvalue weighted by Gasteiger charge is -2.08. The summed E-state index contributed by atoms with van der Waals surface area (Å²) in [7, 11) is 0. The molecule has 0 spiro atoms. The van der Waals surface area contributed by atoms with Gasteiger partial charge in [0.15, 0.2) is 0 Å². The molecule has 3 rings (SSSR count). The molecule has 9 heteroatoms. The number of para-hydroxylation sites is 1. The monoisotopic (exact) mass is 422 g/mol. The summed E-state index contributed by atoms with van der Waals surface area (Å²) in [6.45, 7) is 0. The van der Waals surface area contributed by atoms with E-state index < -0.39 is 4.92 Å². The number of benzene rings is 3. The number of anilines is 3. The second-order valence-electron chi connectivity index (χ2n) is 6.11. The van der Waals surface area contributed by atoms with Gasteiger partial charge in [0.25, 0.3) is 5.69 Å². The van der Waals surface area contributed by atoms with Crippen molar-refractivity contribution in [1.29, 1.82) is 0 Å². The van der Waals surface area contributed by atoms with E-state index in [1.807, 2.05) is 30.3 Å². The highest BCUT2D eigenvalue weighted by atomic mass is 32.2. The Hall–Kier alpha value is -3.85. The topological polar surface area (TPSA) is 113 Å². The summed E-state index contributed by atoms with van der Waals surface area (Å²) in [6.07, 6.45) is 0. The van der Waals surface area contributed by atoms with E-state index in [0.717, 1.165) is 4.90 Å². The Bertz CT molecular complexity index is 1030. The molecule has 0 aliphatic carbocycles. The van der Waals surface area contributed by atoms with Crippen LogP contribution in [0, 0.1) is 10.1 Å². The molecule has 0 saturated carbocycles. The van der Waals surface area contributed by atoms with Crippen LogP contribution in [0.15, 0.2) is 83.8 Å². The van der Waals surface area contributed by atoms with Gasteiger partial charge in [-0.2, -0.15) is 0 Å². The number of carbonyl (C=O) groups is 2. The molecule has 3 aromatic rings. The van der Waals surface area contributed by atoms with Gasteiger partial charge < -0.3 is 16.0 Å². The molecule has 0 aliphatic rings. The molecule has 3 amide bonds. The van der Waals surface area contributed by atoms with E-state index in [4.69, 9.17) is 0 Å². The maximum Gasteiger partial charge on any atom is 0.323 e. The lowest BCUT2D eigenvalue weighted by molar-refractivity contribution is -0.384. The minimum absolute atomic E-state index is 0.0338. The first-order chi connectivity index (χ1) is 14.5. The predicted octanol–water partition coefficient (Wildman–Crippen LogP) is 4.97. The van der Waals surface area contributed by atoms with Crippen molar-refractivity contribution in [1.82, 2.24) is 0 Å². The van der Waals surface area contributed by atoms with Gasteiger partial charge in [-0.3, -0.25) is 14.9 Å². The fraction of sp³-hybridized carbons (Fsp3) is 0.0476. The van der Waals surface area contributed by atoms with Crippen LogP contribution in [0.5, 0.6) is 0 Å². The number of nitrogens with zero attached hydrogens (tertiary/aromatic N) is 1. The van der Waals surface area contributed by atoms with Crippen LogP contribution in [0.1, 0.15) is 0 Å². The lowest BCUT2D eigenvalue weighted by atomic mass is 10.3. The quantitative estimate of drug-likeness (QED) is 0.283. The predicted molar refractivity (Wildman–Crippen MR) is 118 cm³/mol. The van der Waals surface area contributed by atoms with Crippen LogP contribution in [0.2, 0.25) is 0 Å². The summed E-state index contributed by atoms with van der Waals surface area (Å²) in [5.74, 6) is -0.0450. The highest BCUT2D eigenvalue weighted by Crippen LogP contribution is 2.21. The number of urea groups is 1. The van der Waals surface area contributed by atoms with E-state index in [1.54, 1.807) is 24.3 Å². The highest BCUT2D eigenvalue weighted by molar-refractivity contribution is 8.00. The Morgan fingerprint density at radius 1 is 0.767 bits per heavy atom. The number of nitrogens with one attached hydrogen (secondary N) is 3. The van der Waals surface area contributed by atoms with Crippen molar-refractivity contribution >= 4 is 46.4 Å². The van der Waals surface area contributed by atoms with Gasteiger partial charge in [-0.25, -0.2) is 4.79 Å². The normalized spacial score (nSPS) is 10.1. The Morgan fingerprint density at radius 2 is 1.30 bits per heavy atom. The minimum atomic E-state index is -0.495. The average molecular weight is 422 g/mol. The van der Waals surface area contributed by atoms with Crippen LogP contribution in [0.4, 0.5) is 27.5 Å². The van der Waals surface area contributed by atoms with Crippen LogP contribution in [-0.4, -0.2) is 22.6 Å². The van der Waals surface area contributed by atoms with Crippen molar-refractivity contribution in [2.24, 2.45) is 0 Å². The standard InChI is InChI=1S/C21H18N4O4S/c26-20(22-16-6-10-18(11-7-16)25(28)29)14-30-19-12-8-17(9-13-19)24-21(27)23-15-4-2-1-3-5-15/h1-13H,14H2,(H,22,26)(H2,23,24,27). The third-order valence-electron chi connectivity index (χ3n) is 3.88. The molecular formula is C21H18N4O4S. The molecule has 0 atom stereocenters. The van der Waals surface area contributed by atoms with E-state index in [0.29, 0.717) is 17.1 Å². The van der Waals surface area contributed by atoms with Crippen LogP contribution in [0.25, 0.3) is 0 Å². The van der Waals surface area contributed by atoms with Crippen molar-refractivity contribution in [3.8, 4) is 0 Å². The van der Waals surface area contributed by atoms with E-state index >= 15 is 0 Å². The molecule has 152 valence electrons. The number of hydrogen-bond acceptors (Lipinski definition) is 5. The third kappa shape index (κ3) is 6.35. The number of hydrogen-bond donors (Lipinski definition) is 3. The first-order valence-electron chi connectivity index (χ1n) is 8.90. The first-order valence-corrected chi connectivity index (χ1v) is 9.88. The van der Waals surface area contributed by atoms with Gasteiger partial charge in [-0.15, -0.1) is 11.8 Å². The second kappa shape index (κ2) is 10.1. The fourth-order valence-electron chi connectivity index (χ4n) is 2.46. The van der Waals surface area contributed by atoms with Gasteiger partial charge in [0.05, 0.1) is 10.7 Å². The zero-order valence-electron chi connectivity index (χ0n) is 15.7. The van der Waals surface area contributed by atoms with Crippen LogP contribution in [-0.2, 0) is 4.79 Å².